The van der Waals surface area contributed by atoms with Gasteiger partial charge < -0.3 is 5.73 Å². The summed E-state index contributed by atoms with van der Waals surface area (Å²) < 4.78 is 14.7. The number of aromatic nitrogens is 3. The van der Waals surface area contributed by atoms with Crippen LogP contribution in [-0.2, 0) is 0 Å². The Bertz CT molecular complexity index is 504. The van der Waals surface area contributed by atoms with Crippen molar-refractivity contribution in [1.29, 1.82) is 0 Å². The average molecular weight is 220 g/mol. The van der Waals surface area contributed by atoms with Crippen LogP contribution in [0.2, 0.25) is 0 Å². The topological polar surface area (TPSA) is 56.7 Å². The van der Waals surface area contributed by atoms with Gasteiger partial charge in [0.2, 0.25) is 0 Å². The van der Waals surface area contributed by atoms with Gasteiger partial charge in [-0.3, -0.25) is 0 Å². The summed E-state index contributed by atoms with van der Waals surface area (Å²) in [6.45, 7) is 3.98. The number of nitrogens with zero attached hydrogens (tertiary/aromatic N) is 3. The molecular weight excluding hydrogens is 207 g/mol. The normalized spacial score (nSPS) is 11.0. The standard InChI is InChI=1S/C11H13FN4/c1-7(2)10-11(13)14-15-16(10)9-5-3-4-8(12)6-9/h3-7H,13H2,1-2H3. The van der Waals surface area contributed by atoms with Crippen molar-refractivity contribution in [2.75, 3.05) is 5.73 Å². The summed E-state index contributed by atoms with van der Waals surface area (Å²) in [5.74, 6) is 0.263. The summed E-state index contributed by atoms with van der Waals surface area (Å²) in [6, 6.07) is 6.19. The highest BCUT2D eigenvalue weighted by Crippen LogP contribution is 2.22. The van der Waals surface area contributed by atoms with Gasteiger partial charge in [-0.05, 0) is 24.1 Å². The third-order valence-corrected chi connectivity index (χ3v) is 2.33. The number of nitrogens with two attached hydrogens (primary N) is 1. The van der Waals surface area contributed by atoms with Crippen molar-refractivity contribution in [3.8, 4) is 5.69 Å². The lowest BCUT2D eigenvalue weighted by atomic mass is 10.1. The minimum absolute atomic E-state index is 0.179. The van der Waals surface area contributed by atoms with E-state index in [0.717, 1.165) is 5.69 Å². The van der Waals surface area contributed by atoms with Crippen LogP contribution in [0.1, 0.15) is 25.5 Å². The van der Waals surface area contributed by atoms with E-state index in [9.17, 15) is 4.39 Å². The van der Waals surface area contributed by atoms with Crippen LogP contribution in [0, 0.1) is 5.82 Å². The Hall–Kier alpha value is -1.91. The van der Waals surface area contributed by atoms with Gasteiger partial charge in [0.25, 0.3) is 0 Å². The molecule has 0 aliphatic carbocycles. The fourth-order valence-electron chi connectivity index (χ4n) is 1.64. The zero-order chi connectivity index (χ0) is 11.7. The quantitative estimate of drug-likeness (QED) is 0.843. The van der Waals surface area contributed by atoms with Crippen LogP contribution in [-0.4, -0.2) is 15.0 Å². The zero-order valence-corrected chi connectivity index (χ0v) is 9.18. The number of nitrogen functional groups attached to an aromatic ring is 1. The summed E-state index contributed by atoms with van der Waals surface area (Å²) in [7, 11) is 0. The molecule has 0 fully saturated rings. The molecule has 2 aromatic rings. The predicted octanol–water partition coefficient (Wildman–Crippen LogP) is 2.11. The molecule has 2 N–H and O–H groups in total. The lowest BCUT2D eigenvalue weighted by Gasteiger charge is -2.09. The smallest absolute Gasteiger partial charge is 0.169 e. The fraction of sp³-hybridized carbons (Fsp3) is 0.273. The maximum absolute atomic E-state index is 13.1. The third-order valence-electron chi connectivity index (χ3n) is 2.33. The first-order valence-corrected chi connectivity index (χ1v) is 5.06. The van der Waals surface area contributed by atoms with Gasteiger partial charge >= 0.3 is 0 Å². The van der Waals surface area contributed by atoms with Crippen LogP contribution in [0.25, 0.3) is 5.69 Å². The SMILES string of the molecule is CC(C)c1c(N)nnn1-c1cccc(F)c1. The fourth-order valence-corrected chi connectivity index (χ4v) is 1.64. The van der Waals surface area contributed by atoms with Crippen molar-refractivity contribution < 1.29 is 4.39 Å². The summed E-state index contributed by atoms with van der Waals surface area (Å²) in [5, 5.41) is 7.74. The second-order valence-corrected chi connectivity index (χ2v) is 3.91. The molecule has 0 saturated carbocycles. The van der Waals surface area contributed by atoms with Gasteiger partial charge in [-0.1, -0.05) is 25.1 Å². The average Bonchev–Trinajstić information content (AvgIpc) is 2.60. The molecule has 0 aliphatic heterocycles. The highest BCUT2D eigenvalue weighted by atomic mass is 19.1. The highest BCUT2D eigenvalue weighted by Gasteiger charge is 2.15. The van der Waals surface area contributed by atoms with Crippen LogP contribution >= 0.6 is 0 Å². The molecule has 84 valence electrons. The molecule has 0 atom stereocenters. The summed E-state index contributed by atoms with van der Waals surface area (Å²) in [4.78, 5) is 0. The third kappa shape index (κ3) is 1.76. The Morgan fingerprint density at radius 1 is 1.38 bits per heavy atom. The minimum Gasteiger partial charge on any atom is -0.381 e. The van der Waals surface area contributed by atoms with E-state index in [1.165, 1.54) is 12.1 Å². The predicted molar refractivity (Wildman–Crippen MR) is 59.8 cm³/mol. The summed E-state index contributed by atoms with van der Waals surface area (Å²) >= 11 is 0. The first kappa shape index (κ1) is 10.6. The maximum atomic E-state index is 13.1. The molecule has 5 heteroatoms. The lowest BCUT2D eigenvalue weighted by molar-refractivity contribution is 0.622. The monoisotopic (exact) mass is 220 g/mol. The van der Waals surface area contributed by atoms with Crippen molar-refractivity contribution in [3.05, 3.63) is 35.8 Å². The first-order chi connectivity index (χ1) is 7.59. The molecule has 2 rings (SSSR count). The van der Waals surface area contributed by atoms with Crippen molar-refractivity contribution in [1.82, 2.24) is 15.0 Å². The number of hydrogen-bond donors (Lipinski definition) is 1. The van der Waals surface area contributed by atoms with Gasteiger partial charge in [-0.2, -0.15) is 0 Å². The molecule has 0 unspecified atom stereocenters. The van der Waals surface area contributed by atoms with E-state index in [1.54, 1.807) is 16.8 Å². The molecule has 0 radical (unpaired) electrons. The molecule has 1 aromatic carbocycles. The van der Waals surface area contributed by atoms with E-state index in [2.05, 4.69) is 10.3 Å². The molecule has 0 spiro atoms. The highest BCUT2D eigenvalue weighted by molar-refractivity contribution is 5.42. The number of rotatable bonds is 2. The van der Waals surface area contributed by atoms with Crippen molar-refractivity contribution >= 4 is 5.82 Å². The number of hydrogen-bond acceptors (Lipinski definition) is 3. The van der Waals surface area contributed by atoms with E-state index in [1.807, 2.05) is 13.8 Å². The molecule has 1 heterocycles. The lowest BCUT2D eigenvalue weighted by Crippen LogP contribution is -2.05. The maximum Gasteiger partial charge on any atom is 0.169 e. The first-order valence-electron chi connectivity index (χ1n) is 5.06. The van der Waals surface area contributed by atoms with Crippen LogP contribution in [0.4, 0.5) is 10.2 Å². The van der Waals surface area contributed by atoms with Crippen LogP contribution in [0.3, 0.4) is 0 Å². The summed E-state index contributed by atoms with van der Waals surface area (Å²) in [6.07, 6.45) is 0. The van der Waals surface area contributed by atoms with E-state index in [-0.39, 0.29) is 11.7 Å². The molecule has 0 amide bonds. The molecule has 4 nitrogen and oxygen atoms in total. The Balaban J connectivity index is 2.56. The Kier molecular flexibility index (Phi) is 2.60. The Labute approximate surface area is 92.9 Å². The zero-order valence-electron chi connectivity index (χ0n) is 9.18. The van der Waals surface area contributed by atoms with Gasteiger partial charge in [-0.25, -0.2) is 9.07 Å². The molecular formula is C11H13FN4. The number of benzene rings is 1. The van der Waals surface area contributed by atoms with Gasteiger partial charge in [-0.15, -0.1) is 5.10 Å². The largest absolute Gasteiger partial charge is 0.381 e. The van der Waals surface area contributed by atoms with Gasteiger partial charge in [0.15, 0.2) is 5.82 Å². The minimum atomic E-state index is -0.304. The van der Waals surface area contributed by atoms with Gasteiger partial charge in [0.05, 0.1) is 11.4 Å². The molecule has 0 saturated heterocycles. The molecule has 0 bridgehead atoms. The van der Waals surface area contributed by atoms with Gasteiger partial charge in [0.1, 0.15) is 5.82 Å². The number of anilines is 1. The van der Waals surface area contributed by atoms with E-state index in [4.69, 9.17) is 5.73 Å². The Morgan fingerprint density at radius 2 is 2.12 bits per heavy atom. The van der Waals surface area contributed by atoms with Crippen LogP contribution in [0.5, 0.6) is 0 Å². The van der Waals surface area contributed by atoms with Crippen LogP contribution in [0.15, 0.2) is 24.3 Å². The van der Waals surface area contributed by atoms with Gasteiger partial charge in [0, 0.05) is 0 Å². The second-order valence-electron chi connectivity index (χ2n) is 3.91. The Morgan fingerprint density at radius 3 is 2.75 bits per heavy atom. The molecule has 1 aromatic heterocycles. The second kappa shape index (κ2) is 3.92. The van der Waals surface area contributed by atoms with Crippen molar-refractivity contribution in [3.63, 3.8) is 0 Å². The van der Waals surface area contributed by atoms with Crippen molar-refractivity contribution in [2.45, 2.75) is 19.8 Å². The summed E-state index contributed by atoms with van der Waals surface area (Å²) in [5.41, 5.74) is 7.16. The number of halogens is 1. The van der Waals surface area contributed by atoms with E-state index in [0.29, 0.717) is 11.5 Å². The van der Waals surface area contributed by atoms with Crippen LogP contribution < -0.4 is 5.73 Å². The van der Waals surface area contributed by atoms with E-state index >= 15 is 0 Å². The molecule has 0 aliphatic rings. The van der Waals surface area contributed by atoms with Crippen molar-refractivity contribution in [2.24, 2.45) is 0 Å². The van der Waals surface area contributed by atoms with E-state index < -0.39 is 0 Å². The molecule has 16 heavy (non-hydrogen) atoms.